The first-order chi connectivity index (χ1) is 9.51. The summed E-state index contributed by atoms with van der Waals surface area (Å²) in [6.45, 7) is 16.4. The molecule has 0 saturated heterocycles. The molecule has 0 saturated carbocycles. The summed E-state index contributed by atoms with van der Waals surface area (Å²) in [6.07, 6.45) is 3.06. The van der Waals surface area contributed by atoms with Crippen LogP contribution in [-0.2, 0) is 13.1 Å². The minimum atomic E-state index is 0.689. The Morgan fingerprint density at radius 2 is 1.80 bits per heavy atom. The van der Waals surface area contributed by atoms with Gasteiger partial charge in [-0.05, 0) is 30.9 Å². The highest BCUT2D eigenvalue weighted by Crippen LogP contribution is 2.13. The van der Waals surface area contributed by atoms with Crippen molar-refractivity contribution >= 4 is 0 Å². The van der Waals surface area contributed by atoms with Crippen LogP contribution in [-0.4, -0.2) is 24.5 Å². The standard InChI is InChI=1S/C17H32N2O/c1-6-7-18-9-16-8-17(20-13-16)12-19(10-14(2)3)11-15(4)5/h8,13-15,18H,6-7,9-12H2,1-5H3. The molecule has 3 heteroatoms. The van der Waals surface area contributed by atoms with Gasteiger partial charge in [0.2, 0.25) is 0 Å². The van der Waals surface area contributed by atoms with E-state index in [-0.39, 0.29) is 0 Å². The molecule has 0 aliphatic heterocycles. The Hall–Kier alpha value is -0.800. The summed E-state index contributed by atoms with van der Waals surface area (Å²) in [7, 11) is 0. The second-order valence-corrected chi connectivity index (χ2v) is 6.58. The van der Waals surface area contributed by atoms with Crippen LogP contribution in [0.3, 0.4) is 0 Å². The topological polar surface area (TPSA) is 28.4 Å². The minimum absolute atomic E-state index is 0.689. The fourth-order valence-electron chi connectivity index (χ4n) is 2.47. The summed E-state index contributed by atoms with van der Waals surface area (Å²) in [4.78, 5) is 2.50. The van der Waals surface area contributed by atoms with Crippen molar-refractivity contribution in [3.05, 3.63) is 23.7 Å². The van der Waals surface area contributed by atoms with E-state index in [9.17, 15) is 0 Å². The largest absolute Gasteiger partial charge is 0.468 e. The summed E-state index contributed by atoms with van der Waals surface area (Å²) in [5.41, 5.74) is 1.25. The van der Waals surface area contributed by atoms with Gasteiger partial charge in [-0.1, -0.05) is 34.6 Å². The summed E-state index contributed by atoms with van der Waals surface area (Å²) < 4.78 is 5.71. The summed E-state index contributed by atoms with van der Waals surface area (Å²) in [5, 5.41) is 3.41. The average Bonchev–Trinajstić information content (AvgIpc) is 2.75. The van der Waals surface area contributed by atoms with Gasteiger partial charge in [-0.25, -0.2) is 0 Å². The Balaban J connectivity index is 2.50. The Labute approximate surface area is 124 Å². The Morgan fingerprint density at radius 3 is 2.35 bits per heavy atom. The molecule has 0 bridgehead atoms. The van der Waals surface area contributed by atoms with E-state index < -0.39 is 0 Å². The van der Waals surface area contributed by atoms with E-state index in [1.165, 1.54) is 12.0 Å². The van der Waals surface area contributed by atoms with Crippen LogP contribution < -0.4 is 5.32 Å². The van der Waals surface area contributed by atoms with E-state index in [0.717, 1.165) is 38.5 Å². The minimum Gasteiger partial charge on any atom is -0.468 e. The van der Waals surface area contributed by atoms with Crippen molar-refractivity contribution in [1.29, 1.82) is 0 Å². The van der Waals surface area contributed by atoms with Gasteiger partial charge in [-0.2, -0.15) is 0 Å². The third kappa shape index (κ3) is 7.11. The van der Waals surface area contributed by atoms with Gasteiger partial charge in [-0.15, -0.1) is 0 Å². The summed E-state index contributed by atoms with van der Waals surface area (Å²) >= 11 is 0. The zero-order valence-corrected chi connectivity index (χ0v) is 13.9. The van der Waals surface area contributed by atoms with Crippen molar-refractivity contribution < 1.29 is 4.42 Å². The zero-order chi connectivity index (χ0) is 15.0. The van der Waals surface area contributed by atoms with Crippen LogP contribution in [0, 0.1) is 11.8 Å². The smallest absolute Gasteiger partial charge is 0.118 e. The number of nitrogens with zero attached hydrogens (tertiary/aromatic N) is 1. The lowest BCUT2D eigenvalue weighted by Crippen LogP contribution is -2.30. The maximum Gasteiger partial charge on any atom is 0.118 e. The lowest BCUT2D eigenvalue weighted by Gasteiger charge is -2.25. The van der Waals surface area contributed by atoms with Crippen LogP contribution in [0.2, 0.25) is 0 Å². The highest BCUT2D eigenvalue weighted by atomic mass is 16.3. The van der Waals surface area contributed by atoms with Gasteiger partial charge in [0.1, 0.15) is 5.76 Å². The lowest BCUT2D eigenvalue weighted by molar-refractivity contribution is 0.197. The van der Waals surface area contributed by atoms with Crippen molar-refractivity contribution in [3.63, 3.8) is 0 Å². The average molecular weight is 280 g/mol. The van der Waals surface area contributed by atoms with Crippen LogP contribution in [0.25, 0.3) is 0 Å². The molecule has 0 atom stereocenters. The highest BCUT2D eigenvalue weighted by molar-refractivity contribution is 5.12. The van der Waals surface area contributed by atoms with Crippen molar-refractivity contribution in [3.8, 4) is 0 Å². The predicted molar refractivity (Wildman–Crippen MR) is 85.7 cm³/mol. The van der Waals surface area contributed by atoms with Gasteiger partial charge < -0.3 is 9.73 Å². The molecule has 0 amide bonds. The lowest BCUT2D eigenvalue weighted by atomic mass is 10.1. The molecule has 0 radical (unpaired) electrons. The molecule has 0 aliphatic carbocycles. The Kier molecular flexibility index (Phi) is 7.93. The molecule has 1 heterocycles. The molecule has 1 N–H and O–H groups in total. The normalized spacial score (nSPS) is 12.0. The van der Waals surface area contributed by atoms with Gasteiger partial charge in [0.25, 0.3) is 0 Å². The molecule has 1 rings (SSSR count). The van der Waals surface area contributed by atoms with E-state index in [1.54, 1.807) is 0 Å². The molecule has 116 valence electrons. The Morgan fingerprint density at radius 1 is 1.15 bits per heavy atom. The van der Waals surface area contributed by atoms with E-state index in [4.69, 9.17) is 4.42 Å². The van der Waals surface area contributed by atoms with Gasteiger partial charge >= 0.3 is 0 Å². The van der Waals surface area contributed by atoms with E-state index in [0.29, 0.717) is 11.8 Å². The van der Waals surface area contributed by atoms with Crippen molar-refractivity contribution in [1.82, 2.24) is 10.2 Å². The monoisotopic (exact) mass is 280 g/mol. The van der Waals surface area contributed by atoms with Gasteiger partial charge in [-0.3, -0.25) is 4.90 Å². The van der Waals surface area contributed by atoms with Crippen molar-refractivity contribution in [2.24, 2.45) is 11.8 Å². The van der Waals surface area contributed by atoms with Crippen LogP contribution in [0.4, 0.5) is 0 Å². The summed E-state index contributed by atoms with van der Waals surface area (Å²) in [6, 6.07) is 2.19. The fraction of sp³-hybridized carbons (Fsp3) is 0.765. The van der Waals surface area contributed by atoms with Crippen LogP contribution >= 0.6 is 0 Å². The van der Waals surface area contributed by atoms with Crippen molar-refractivity contribution in [2.75, 3.05) is 19.6 Å². The predicted octanol–water partition coefficient (Wildman–Crippen LogP) is 3.89. The molecule has 1 aromatic rings. The molecular formula is C17H32N2O. The first-order valence-electron chi connectivity index (χ1n) is 8.00. The van der Waals surface area contributed by atoms with Crippen molar-refractivity contribution in [2.45, 2.75) is 54.1 Å². The molecular weight excluding hydrogens is 248 g/mol. The van der Waals surface area contributed by atoms with E-state index >= 15 is 0 Å². The number of hydrogen-bond donors (Lipinski definition) is 1. The molecule has 0 aliphatic rings. The number of rotatable bonds is 10. The molecule has 3 nitrogen and oxygen atoms in total. The van der Waals surface area contributed by atoms with E-state index in [2.05, 4.69) is 50.9 Å². The molecule has 1 aromatic heterocycles. The molecule has 0 fully saturated rings. The second kappa shape index (κ2) is 9.19. The van der Waals surface area contributed by atoms with Crippen LogP contribution in [0.15, 0.2) is 16.7 Å². The first-order valence-corrected chi connectivity index (χ1v) is 8.00. The summed E-state index contributed by atoms with van der Waals surface area (Å²) in [5.74, 6) is 2.46. The third-order valence-corrected chi connectivity index (χ3v) is 3.09. The number of nitrogens with one attached hydrogen (secondary N) is 1. The second-order valence-electron chi connectivity index (χ2n) is 6.58. The van der Waals surface area contributed by atoms with Crippen LogP contribution in [0.1, 0.15) is 52.4 Å². The first kappa shape index (κ1) is 17.3. The highest BCUT2D eigenvalue weighted by Gasteiger charge is 2.12. The number of furan rings is 1. The molecule has 0 spiro atoms. The van der Waals surface area contributed by atoms with Gasteiger partial charge in [0.05, 0.1) is 12.8 Å². The SMILES string of the molecule is CCCNCc1coc(CN(CC(C)C)CC(C)C)c1. The quantitative estimate of drug-likeness (QED) is 0.659. The Bertz CT molecular complexity index is 348. The third-order valence-electron chi connectivity index (χ3n) is 3.09. The van der Waals surface area contributed by atoms with E-state index in [1.807, 2.05) is 6.26 Å². The maximum atomic E-state index is 5.71. The zero-order valence-electron chi connectivity index (χ0n) is 13.9. The maximum absolute atomic E-state index is 5.71. The van der Waals surface area contributed by atoms with Gasteiger partial charge in [0.15, 0.2) is 0 Å². The van der Waals surface area contributed by atoms with Gasteiger partial charge in [0, 0.05) is 25.2 Å². The molecule has 20 heavy (non-hydrogen) atoms. The fourth-order valence-corrected chi connectivity index (χ4v) is 2.47. The number of hydrogen-bond acceptors (Lipinski definition) is 3. The van der Waals surface area contributed by atoms with Crippen LogP contribution in [0.5, 0.6) is 0 Å². The molecule has 0 aromatic carbocycles. The molecule has 0 unspecified atom stereocenters.